The summed E-state index contributed by atoms with van der Waals surface area (Å²) in [6.07, 6.45) is 12.7. The third kappa shape index (κ3) is 5.96. The molecule has 5 rings (SSSR count). The third-order valence-electron chi connectivity index (χ3n) is 8.32. The van der Waals surface area contributed by atoms with Crippen molar-refractivity contribution in [3.63, 3.8) is 0 Å². The predicted molar refractivity (Wildman–Crippen MR) is 155 cm³/mol. The topological polar surface area (TPSA) is 114 Å². The number of methoxy groups -OCH3 is 1. The number of allylic oxidation sites excluding steroid dienone is 2. The highest BCUT2D eigenvalue weighted by molar-refractivity contribution is 6.08. The van der Waals surface area contributed by atoms with Gasteiger partial charge < -0.3 is 15.8 Å². The maximum Gasteiger partial charge on any atom is 0.251 e. The van der Waals surface area contributed by atoms with Crippen LogP contribution < -0.4 is 15.8 Å². The second kappa shape index (κ2) is 12.5. The zero-order valence-corrected chi connectivity index (χ0v) is 23.1. The number of hydrogen-bond donors (Lipinski definition) is 2. The van der Waals surface area contributed by atoms with Gasteiger partial charge in [-0.15, -0.1) is 0 Å². The van der Waals surface area contributed by atoms with Crippen LogP contribution in [0.2, 0.25) is 0 Å². The molecule has 8 nitrogen and oxygen atoms in total. The Bertz CT molecular complexity index is 1310. The standard InChI is InChI=1S/C32H38N4O4/c1-40-28-17-16-23(20-27(28)21-12-14-22(15-13-21)31(38)34-19-18-29(33)37)30-25-10-6-7-11-26(25)32(39)36(35-30)24-8-4-2-3-5-9-24/h6-7,12-17,20,24-26H,2-5,8-11,18-19H2,1H3,(H2,33,37)(H,34,38)/t25-,26+/m0/s1. The van der Waals surface area contributed by atoms with E-state index in [0.717, 1.165) is 66.7 Å². The van der Waals surface area contributed by atoms with Crippen molar-refractivity contribution in [2.45, 2.75) is 63.8 Å². The van der Waals surface area contributed by atoms with Crippen LogP contribution in [0.4, 0.5) is 0 Å². The Morgan fingerprint density at radius 1 is 0.975 bits per heavy atom. The summed E-state index contributed by atoms with van der Waals surface area (Å²) in [5.41, 5.74) is 9.40. The van der Waals surface area contributed by atoms with E-state index in [1.54, 1.807) is 19.2 Å². The van der Waals surface area contributed by atoms with Crippen LogP contribution >= 0.6 is 0 Å². The Labute approximate surface area is 235 Å². The van der Waals surface area contributed by atoms with Gasteiger partial charge in [-0.2, -0.15) is 5.10 Å². The minimum atomic E-state index is -0.456. The van der Waals surface area contributed by atoms with Crippen LogP contribution in [0.15, 0.2) is 59.7 Å². The summed E-state index contributed by atoms with van der Waals surface area (Å²) in [5, 5.41) is 9.63. The normalized spacial score (nSPS) is 21.3. The first kappa shape index (κ1) is 27.6. The molecule has 1 saturated carbocycles. The maximum absolute atomic E-state index is 13.6. The minimum Gasteiger partial charge on any atom is -0.496 e. The number of carbonyl (C=O) groups is 3. The summed E-state index contributed by atoms with van der Waals surface area (Å²) in [5.74, 6) is 0.136. The summed E-state index contributed by atoms with van der Waals surface area (Å²) in [6.45, 7) is 0.200. The molecule has 0 spiro atoms. The molecule has 3 N–H and O–H groups in total. The molecule has 1 heterocycles. The summed E-state index contributed by atoms with van der Waals surface area (Å²) in [7, 11) is 1.64. The van der Waals surface area contributed by atoms with Gasteiger partial charge in [-0.3, -0.25) is 14.4 Å². The van der Waals surface area contributed by atoms with Crippen molar-refractivity contribution in [1.82, 2.24) is 10.3 Å². The highest BCUT2D eigenvalue weighted by atomic mass is 16.5. The molecule has 0 unspecified atom stereocenters. The second-order valence-corrected chi connectivity index (χ2v) is 10.9. The van der Waals surface area contributed by atoms with Crippen molar-refractivity contribution in [3.8, 4) is 16.9 Å². The lowest BCUT2D eigenvalue weighted by atomic mass is 9.76. The number of primary amides is 1. The zero-order valence-electron chi connectivity index (χ0n) is 23.1. The molecule has 0 aromatic heterocycles. The van der Waals surface area contributed by atoms with Gasteiger partial charge in [0.15, 0.2) is 0 Å². The summed E-state index contributed by atoms with van der Waals surface area (Å²) in [4.78, 5) is 37.0. The number of fused-ring (bicyclic) bond motifs is 1. The van der Waals surface area contributed by atoms with Crippen molar-refractivity contribution in [1.29, 1.82) is 0 Å². The molecule has 0 saturated heterocycles. The molecule has 2 aromatic carbocycles. The van der Waals surface area contributed by atoms with Gasteiger partial charge in [-0.05, 0) is 67.1 Å². The third-order valence-corrected chi connectivity index (χ3v) is 8.32. The number of amides is 3. The van der Waals surface area contributed by atoms with Gasteiger partial charge in [0, 0.05) is 30.0 Å². The van der Waals surface area contributed by atoms with Crippen LogP contribution in [-0.2, 0) is 9.59 Å². The molecule has 2 aromatic rings. The van der Waals surface area contributed by atoms with Crippen LogP contribution in [-0.4, -0.2) is 48.1 Å². The summed E-state index contributed by atoms with van der Waals surface area (Å²) >= 11 is 0. The van der Waals surface area contributed by atoms with Crippen LogP contribution in [0.25, 0.3) is 11.1 Å². The lowest BCUT2D eigenvalue weighted by Crippen LogP contribution is -2.49. The molecule has 0 bridgehead atoms. The minimum absolute atomic E-state index is 0.0484. The van der Waals surface area contributed by atoms with Crippen LogP contribution in [0, 0.1) is 11.8 Å². The van der Waals surface area contributed by atoms with Crippen molar-refractivity contribution < 1.29 is 19.1 Å². The van der Waals surface area contributed by atoms with Gasteiger partial charge in [0.05, 0.1) is 24.8 Å². The molecule has 8 heteroatoms. The van der Waals surface area contributed by atoms with Crippen molar-refractivity contribution in [3.05, 3.63) is 65.7 Å². The average molecular weight is 543 g/mol. The predicted octanol–water partition coefficient (Wildman–Crippen LogP) is 4.82. The van der Waals surface area contributed by atoms with E-state index < -0.39 is 5.91 Å². The van der Waals surface area contributed by atoms with Crippen molar-refractivity contribution in [2.75, 3.05) is 13.7 Å². The Hall–Kier alpha value is -3.94. The maximum atomic E-state index is 13.6. The fourth-order valence-corrected chi connectivity index (χ4v) is 6.13. The number of carbonyl (C=O) groups excluding carboxylic acids is 3. The summed E-state index contributed by atoms with van der Waals surface area (Å²) in [6, 6.07) is 13.5. The van der Waals surface area contributed by atoms with E-state index >= 15 is 0 Å². The highest BCUT2D eigenvalue weighted by Crippen LogP contribution is 2.39. The second-order valence-electron chi connectivity index (χ2n) is 10.9. The quantitative estimate of drug-likeness (QED) is 0.368. The van der Waals surface area contributed by atoms with Gasteiger partial charge in [-0.1, -0.05) is 50.0 Å². The molecule has 1 aliphatic heterocycles. The number of nitrogens with zero attached hydrogens (tertiary/aromatic N) is 2. The number of hydrogen-bond acceptors (Lipinski definition) is 5. The first-order valence-electron chi connectivity index (χ1n) is 14.4. The van der Waals surface area contributed by atoms with E-state index in [1.807, 2.05) is 29.3 Å². The van der Waals surface area contributed by atoms with E-state index in [2.05, 4.69) is 23.5 Å². The van der Waals surface area contributed by atoms with E-state index in [0.29, 0.717) is 5.56 Å². The fraction of sp³-hybridized carbons (Fsp3) is 0.438. The SMILES string of the molecule is COc1ccc(C2=NN(C3CCCCCC3)C(=O)[C@@H]3CC=CC[C@H]23)cc1-c1ccc(C(=O)NCCC(N)=O)cc1. The van der Waals surface area contributed by atoms with Crippen molar-refractivity contribution >= 4 is 23.4 Å². The smallest absolute Gasteiger partial charge is 0.251 e. The molecule has 40 heavy (non-hydrogen) atoms. The Kier molecular flexibility index (Phi) is 8.63. The molecule has 0 radical (unpaired) electrons. The Balaban J connectivity index is 1.46. The largest absolute Gasteiger partial charge is 0.496 e. The Morgan fingerprint density at radius 3 is 2.33 bits per heavy atom. The molecule has 1 fully saturated rings. The van der Waals surface area contributed by atoms with Gasteiger partial charge in [0.2, 0.25) is 11.8 Å². The van der Waals surface area contributed by atoms with E-state index in [-0.39, 0.29) is 42.7 Å². The lowest BCUT2D eigenvalue weighted by Gasteiger charge is -2.40. The van der Waals surface area contributed by atoms with Crippen LogP contribution in [0.1, 0.15) is 73.7 Å². The number of ether oxygens (including phenoxy) is 1. The number of rotatable bonds is 8. The van der Waals surface area contributed by atoms with Gasteiger partial charge >= 0.3 is 0 Å². The number of hydrazone groups is 1. The lowest BCUT2D eigenvalue weighted by molar-refractivity contribution is -0.140. The van der Waals surface area contributed by atoms with Gasteiger partial charge in [-0.25, -0.2) is 5.01 Å². The molecule has 2 aliphatic carbocycles. The summed E-state index contributed by atoms with van der Waals surface area (Å²) < 4.78 is 5.71. The molecule has 2 atom stereocenters. The first-order valence-corrected chi connectivity index (χ1v) is 14.4. The zero-order chi connectivity index (χ0) is 28.1. The Morgan fingerprint density at radius 2 is 1.65 bits per heavy atom. The van der Waals surface area contributed by atoms with Crippen molar-refractivity contribution in [2.24, 2.45) is 22.7 Å². The molecule has 3 aliphatic rings. The van der Waals surface area contributed by atoms with Crippen LogP contribution in [0.5, 0.6) is 5.75 Å². The number of benzene rings is 2. The van der Waals surface area contributed by atoms with Gasteiger partial charge in [0.25, 0.3) is 5.91 Å². The average Bonchev–Trinajstić information content (AvgIpc) is 3.27. The molecule has 3 amide bonds. The monoisotopic (exact) mass is 542 g/mol. The van der Waals surface area contributed by atoms with Gasteiger partial charge in [0.1, 0.15) is 5.75 Å². The van der Waals surface area contributed by atoms with E-state index in [9.17, 15) is 14.4 Å². The van der Waals surface area contributed by atoms with E-state index in [1.165, 1.54) is 12.8 Å². The number of nitrogens with one attached hydrogen (secondary N) is 1. The molecule has 210 valence electrons. The molecular weight excluding hydrogens is 504 g/mol. The fourth-order valence-electron chi connectivity index (χ4n) is 6.13. The number of nitrogens with two attached hydrogens (primary N) is 1. The molecular formula is C32H38N4O4. The van der Waals surface area contributed by atoms with E-state index in [4.69, 9.17) is 15.6 Å². The highest BCUT2D eigenvalue weighted by Gasteiger charge is 2.42. The van der Waals surface area contributed by atoms with Crippen LogP contribution in [0.3, 0.4) is 0 Å². The first-order chi connectivity index (χ1) is 19.5.